The molecule has 0 saturated carbocycles. The molecule has 3 heteroatoms. The molecule has 0 spiro atoms. The fourth-order valence-electron chi connectivity index (χ4n) is 3.46. The Morgan fingerprint density at radius 1 is 0.731 bits per heavy atom. The number of hydrogen-bond donors (Lipinski definition) is 0. The average molecular weight is 343 g/mol. The predicted molar refractivity (Wildman–Crippen MR) is 101 cm³/mol. The van der Waals surface area contributed by atoms with Gasteiger partial charge in [-0.1, -0.05) is 78.9 Å². The smallest absolute Gasteiger partial charge is 0.267 e. The van der Waals surface area contributed by atoms with Crippen LogP contribution in [0.5, 0.6) is 0 Å². The highest BCUT2D eigenvalue weighted by Crippen LogP contribution is 2.39. The highest BCUT2D eigenvalue weighted by Gasteiger charge is 2.35. The van der Waals surface area contributed by atoms with E-state index in [4.69, 9.17) is 4.84 Å². The van der Waals surface area contributed by atoms with Crippen molar-refractivity contribution in [2.75, 3.05) is 0 Å². The Morgan fingerprint density at radius 2 is 1.27 bits per heavy atom. The van der Waals surface area contributed by atoms with Gasteiger partial charge < -0.3 is 0 Å². The Hall–Kier alpha value is -2.91. The average Bonchev–Trinajstić information content (AvgIpc) is 2.75. The first kappa shape index (κ1) is 16.6. The first-order chi connectivity index (χ1) is 12.8. The van der Waals surface area contributed by atoms with E-state index in [0.717, 1.165) is 24.0 Å². The first-order valence-electron chi connectivity index (χ1n) is 8.98. The molecule has 0 aromatic heterocycles. The van der Waals surface area contributed by atoms with E-state index in [9.17, 15) is 4.79 Å². The minimum absolute atomic E-state index is 0.0798. The van der Waals surface area contributed by atoms with Gasteiger partial charge in [0.1, 0.15) is 6.10 Å². The van der Waals surface area contributed by atoms with Crippen molar-refractivity contribution in [2.24, 2.45) is 0 Å². The normalized spacial score (nSPS) is 19.9. The van der Waals surface area contributed by atoms with Crippen LogP contribution >= 0.6 is 0 Å². The van der Waals surface area contributed by atoms with Crippen LogP contribution < -0.4 is 0 Å². The fourth-order valence-corrected chi connectivity index (χ4v) is 3.46. The number of nitrogens with zero attached hydrogens (tertiary/aromatic N) is 1. The summed E-state index contributed by atoms with van der Waals surface area (Å²) in [6.07, 6.45) is 1.63. The second-order valence-electron chi connectivity index (χ2n) is 6.51. The van der Waals surface area contributed by atoms with E-state index < -0.39 is 0 Å². The molecule has 1 amide bonds. The van der Waals surface area contributed by atoms with E-state index >= 15 is 0 Å². The number of hydrogen-bond acceptors (Lipinski definition) is 2. The van der Waals surface area contributed by atoms with Crippen molar-refractivity contribution < 1.29 is 9.63 Å². The quantitative estimate of drug-likeness (QED) is 0.643. The third-order valence-corrected chi connectivity index (χ3v) is 4.80. The van der Waals surface area contributed by atoms with Gasteiger partial charge in [0.2, 0.25) is 0 Å². The van der Waals surface area contributed by atoms with E-state index in [0.29, 0.717) is 5.56 Å². The lowest BCUT2D eigenvalue weighted by Crippen LogP contribution is -2.39. The lowest BCUT2D eigenvalue weighted by atomic mass is 9.95. The van der Waals surface area contributed by atoms with Gasteiger partial charge in [-0.15, -0.1) is 0 Å². The van der Waals surface area contributed by atoms with Crippen LogP contribution in [-0.4, -0.2) is 11.0 Å². The summed E-state index contributed by atoms with van der Waals surface area (Å²) in [4.78, 5) is 19.4. The zero-order valence-electron chi connectivity index (χ0n) is 14.5. The van der Waals surface area contributed by atoms with Gasteiger partial charge in [0.25, 0.3) is 5.91 Å². The number of carbonyl (C=O) groups is 1. The van der Waals surface area contributed by atoms with Crippen molar-refractivity contribution >= 4 is 5.91 Å². The molecule has 0 radical (unpaired) electrons. The summed E-state index contributed by atoms with van der Waals surface area (Å²) in [7, 11) is 0. The molecule has 0 unspecified atom stereocenters. The lowest BCUT2D eigenvalue weighted by molar-refractivity contribution is -0.218. The molecule has 0 bridgehead atoms. The van der Waals surface area contributed by atoms with Crippen molar-refractivity contribution in [3.05, 3.63) is 108 Å². The zero-order chi connectivity index (χ0) is 17.8. The van der Waals surface area contributed by atoms with E-state index in [2.05, 4.69) is 24.3 Å². The first-order valence-corrected chi connectivity index (χ1v) is 8.98. The third-order valence-electron chi connectivity index (χ3n) is 4.80. The summed E-state index contributed by atoms with van der Waals surface area (Å²) in [5, 5.41) is 1.58. The molecule has 1 aliphatic rings. The molecule has 1 fully saturated rings. The largest absolute Gasteiger partial charge is 0.278 e. The Balaban J connectivity index is 1.66. The fraction of sp³-hybridized carbons (Fsp3) is 0.174. The van der Waals surface area contributed by atoms with Gasteiger partial charge in [0.05, 0.1) is 6.04 Å². The van der Waals surface area contributed by atoms with Crippen LogP contribution in [0.3, 0.4) is 0 Å². The topological polar surface area (TPSA) is 29.5 Å². The molecular weight excluding hydrogens is 322 g/mol. The van der Waals surface area contributed by atoms with Gasteiger partial charge in [-0.2, -0.15) is 0 Å². The van der Waals surface area contributed by atoms with Gasteiger partial charge in [-0.3, -0.25) is 9.63 Å². The Labute approximate surface area is 153 Å². The van der Waals surface area contributed by atoms with Crippen molar-refractivity contribution in [3.8, 4) is 0 Å². The summed E-state index contributed by atoms with van der Waals surface area (Å²) < 4.78 is 0. The Bertz CT molecular complexity index is 849. The predicted octanol–water partition coefficient (Wildman–Crippen LogP) is 5.34. The number of hydroxylamine groups is 2. The van der Waals surface area contributed by atoms with Crippen LogP contribution in [0.25, 0.3) is 0 Å². The van der Waals surface area contributed by atoms with Gasteiger partial charge in [-0.05, 0) is 36.1 Å². The van der Waals surface area contributed by atoms with Gasteiger partial charge in [0, 0.05) is 5.56 Å². The number of carbonyl (C=O) groups excluding carboxylic acids is 1. The monoisotopic (exact) mass is 343 g/mol. The van der Waals surface area contributed by atoms with Gasteiger partial charge in [0.15, 0.2) is 0 Å². The van der Waals surface area contributed by atoms with Crippen LogP contribution in [-0.2, 0) is 4.84 Å². The molecule has 1 aliphatic heterocycles. The summed E-state index contributed by atoms with van der Waals surface area (Å²) in [5.41, 5.74) is 2.84. The molecule has 0 aliphatic carbocycles. The molecule has 3 aromatic rings. The van der Waals surface area contributed by atoms with E-state index in [1.807, 2.05) is 66.7 Å². The van der Waals surface area contributed by atoms with Gasteiger partial charge in [-0.25, -0.2) is 5.06 Å². The molecule has 4 rings (SSSR count). The molecule has 3 nitrogen and oxygen atoms in total. The molecular formula is C23H21NO2. The number of benzene rings is 3. The maximum atomic E-state index is 13.2. The second kappa shape index (κ2) is 7.54. The molecule has 1 heterocycles. The summed E-state index contributed by atoms with van der Waals surface area (Å²) >= 11 is 0. The minimum atomic E-state index is -0.108. The van der Waals surface area contributed by atoms with E-state index in [1.54, 1.807) is 5.06 Å². The summed E-state index contributed by atoms with van der Waals surface area (Å²) in [6.45, 7) is 0. The number of rotatable bonds is 3. The zero-order valence-corrected chi connectivity index (χ0v) is 14.5. The molecule has 1 saturated heterocycles. The van der Waals surface area contributed by atoms with Gasteiger partial charge >= 0.3 is 0 Å². The van der Waals surface area contributed by atoms with E-state index in [1.165, 1.54) is 0 Å². The minimum Gasteiger partial charge on any atom is -0.267 e. The third kappa shape index (κ3) is 3.39. The van der Waals surface area contributed by atoms with Crippen LogP contribution in [0.1, 0.15) is 46.5 Å². The molecule has 3 aromatic carbocycles. The second-order valence-corrected chi connectivity index (χ2v) is 6.51. The Kier molecular flexibility index (Phi) is 4.80. The molecule has 130 valence electrons. The summed E-state index contributed by atoms with van der Waals surface area (Å²) in [6, 6.07) is 29.5. The van der Waals surface area contributed by atoms with E-state index in [-0.39, 0.29) is 18.1 Å². The van der Waals surface area contributed by atoms with Crippen molar-refractivity contribution in [3.63, 3.8) is 0 Å². The van der Waals surface area contributed by atoms with Crippen LogP contribution in [0, 0.1) is 0 Å². The van der Waals surface area contributed by atoms with Crippen molar-refractivity contribution in [2.45, 2.75) is 25.0 Å². The number of amides is 1. The van der Waals surface area contributed by atoms with Crippen molar-refractivity contribution in [1.82, 2.24) is 5.06 Å². The Morgan fingerprint density at radius 3 is 1.88 bits per heavy atom. The highest BCUT2D eigenvalue weighted by atomic mass is 16.7. The molecule has 0 N–H and O–H groups in total. The lowest BCUT2D eigenvalue weighted by Gasteiger charge is -2.39. The van der Waals surface area contributed by atoms with Crippen LogP contribution in [0.4, 0.5) is 0 Å². The van der Waals surface area contributed by atoms with Crippen molar-refractivity contribution in [1.29, 1.82) is 0 Å². The maximum absolute atomic E-state index is 13.2. The summed E-state index contributed by atoms with van der Waals surface area (Å²) in [5.74, 6) is -0.0971. The highest BCUT2D eigenvalue weighted by molar-refractivity contribution is 5.93. The molecule has 26 heavy (non-hydrogen) atoms. The standard InChI is InChI=1S/C23H21NO2/c25-23(20-14-8-3-9-15-20)24-21(18-10-4-1-5-11-18)16-17-22(26-24)19-12-6-2-7-13-19/h1-15,21-22H,16-17H2/t21-,22+/m0/s1. The maximum Gasteiger partial charge on any atom is 0.278 e. The molecule has 2 atom stereocenters. The van der Waals surface area contributed by atoms with Crippen LogP contribution in [0.2, 0.25) is 0 Å². The van der Waals surface area contributed by atoms with Crippen LogP contribution in [0.15, 0.2) is 91.0 Å². The SMILES string of the molecule is O=C(c1ccccc1)N1O[C@@H](c2ccccc2)CC[C@H]1c1ccccc1.